The number of benzene rings is 1. The van der Waals surface area contributed by atoms with Crippen molar-refractivity contribution in [2.45, 2.75) is 38.5 Å². The quantitative estimate of drug-likeness (QED) is 0.809. The van der Waals surface area contributed by atoms with Crippen molar-refractivity contribution in [2.24, 2.45) is 11.8 Å². The molecule has 1 aliphatic carbocycles. The first kappa shape index (κ1) is 16.6. The first-order chi connectivity index (χ1) is 12.0. The van der Waals surface area contributed by atoms with E-state index in [1.165, 1.54) is 6.42 Å². The van der Waals surface area contributed by atoms with Crippen LogP contribution in [0.15, 0.2) is 34.9 Å². The Morgan fingerprint density at radius 2 is 1.84 bits per heavy atom. The Bertz CT molecular complexity index is 769. The second-order valence-corrected chi connectivity index (χ2v) is 8.26. The number of hydrogen-bond acceptors (Lipinski definition) is 3. The summed E-state index contributed by atoms with van der Waals surface area (Å²) in [6, 6.07) is 9.39. The van der Waals surface area contributed by atoms with Gasteiger partial charge in [0.15, 0.2) is 5.76 Å². The van der Waals surface area contributed by atoms with Gasteiger partial charge in [-0.05, 0) is 55.4 Å². The van der Waals surface area contributed by atoms with E-state index in [1.54, 1.807) is 0 Å². The van der Waals surface area contributed by atoms with Crippen LogP contribution in [0.2, 0.25) is 5.02 Å². The largest absolute Gasteiger partial charge is 0.356 e. The zero-order valence-corrected chi connectivity index (χ0v) is 15.4. The Morgan fingerprint density at radius 3 is 2.44 bits per heavy atom. The molecule has 2 atom stereocenters. The van der Waals surface area contributed by atoms with Gasteiger partial charge in [-0.25, -0.2) is 0 Å². The molecule has 4 nitrogen and oxygen atoms in total. The van der Waals surface area contributed by atoms with Gasteiger partial charge < -0.3 is 9.42 Å². The summed E-state index contributed by atoms with van der Waals surface area (Å²) in [5.41, 5.74) is 1.23. The lowest BCUT2D eigenvalue weighted by Gasteiger charge is -2.36. The first-order valence-corrected chi connectivity index (χ1v) is 9.38. The van der Waals surface area contributed by atoms with Crippen molar-refractivity contribution in [3.63, 3.8) is 0 Å². The Hall–Kier alpha value is -1.81. The number of carbonyl (C=O) groups excluding carboxylic acids is 1. The minimum Gasteiger partial charge on any atom is -0.356 e. The van der Waals surface area contributed by atoms with Crippen molar-refractivity contribution in [3.8, 4) is 11.3 Å². The summed E-state index contributed by atoms with van der Waals surface area (Å²) in [6.45, 7) is 6.16. The summed E-state index contributed by atoms with van der Waals surface area (Å²) < 4.78 is 5.53. The minimum atomic E-state index is -0.467. The third-order valence-electron chi connectivity index (χ3n) is 5.44. The van der Waals surface area contributed by atoms with E-state index in [4.69, 9.17) is 16.1 Å². The molecular formula is C20H23ClN2O2. The van der Waals surface area contributed by atoms with Crippen molar-refractivity contribution in [1.29, 1.82) is 0 Å². The summed E-state index contributed by atoms with van der Waals surface area (Å²) in [5.74, 6) is 2.03. The average molecular weight is 359 g/mol. The van der Waals surface area contributed by atoms with Crippen LogP contribution in [0.4, 0.5) is 0 Å². The van der Waals surface area contributed by atoms with Gasteiger partial charge in [0, 0.05) is 29.7 Å². The lowest BCUT2D eigenvalue weighted by molar-refractivity contribution is -0.136. The second kappa shape index (κ2) is 6.17. The number of rotatable bonds is 3. The summed E-state index contributed by atoms with van der Waals surface area (Å²) in [6.07, 6.45) is 2.91. The molecule has 5 heteroatoms. The fourth-order valence-corrected chi connectivity index (χ4v) is 4.21. The number of amides is 1. The molecule has 0 spiro atoms. The van der Waals surface area contributed by atoms with Crippen molar-refractivity contribution >= 4 is 17.5 Å². The Morgan fingerprint density at radius 1 is 1.20 bits per heavy atom. The molecule has 25 heavy (non-hydrogen) atoms. The standard InChI is InChI=1S/C20H23ClN2O2/c1-13-9-14(2)12-23(11-13)19(24)20(7-8-20)18-10-17(25-22-18)15-3-5-16(21)6-4-15/h3-6,10,13-14H,7-9,11-12H2,1-2H3. The van der Waals surface area contributed by atoms with Gasteiger partial charge in [0.2, 0.25) is 5.91 Å². The van der Waals surface area contributed by atoms with E-state index in [0.29, 0.717) is 22.6 Å². The maximum atomic E-state index is 13.2. The number of hydrogen-bond donors (Lipinski definition) is 0. The minimum absolute atomic E-state index is 0.224. The lowest BCUT2D eigenvalue weighted by atomic mass is 9.90. The zero-order valence-electron chi connectivity index (χ0n) is 14.7. The van der Waals surface area contributed by atoms with Gasteiger partial charge in [-0.15, -0.1) is 0 Å². The van der Waals surface area contributed by atoms with Crippen molar-refractivity contribution in [1.82, 2.24) is 10.1 Å². The highest BCUT2D eigenvalue weighted by molar-refractivity contribution is 6.30. The molecule has 0 radical (unpaired) electrons. The Balaban J connectivity index is 1.57. The second-order valence-electron chi connectivity index (χ2n) is 7.82. The Kier molecular flexibility index (Phi) is 4.11. The van der Waals surface area contributed by atoms with Crippen LogP contribution in [0, 0.1) is 11.8 Å². The van der Waals surface area contributed by atoms with Crippen molar-refractivity contribution in [3.05, 3.63) is 41.0 Å². The molecule has 132 valence electrons. The number of carbonyl (C=O) groups is 1. The normalized spacial score (nSPS) is 25.0. The van der Waals surface area contributed by atoms with Gasteiger partial charge in [-0.1, -0.05) is 30.6 Å². The number of halogens is 1. The number of nitrogens with zero attached hydrogens (tertiary/aromatic N) is 2. The molecule has 1 aromatic heterocycles. The number of piperidine rings is 1. The van der Waals surface area contributed by atoms with E-state index in [2.05, 4.69) is 19.0 Å². The molecule has 1 amide bonds. The maximum absolute atomic E-state index is 13.2. The molecule has 1 saturated heterocycles. The first-order valence-electron chi connectivity index (χ1n) is 9.00. The molecular weight excluding hydrogens is 336 g/mol. The highest BCUT2D eigenvalue weighted by Crippen LogP contribution is 2.50. The van der Waals surface area contributed by atoms with Crippen LogP contribution in [0.3, 0.4) is 0 Å². The average Bonchev–Trinajstić information content (AvgIpc) is 3.24. The zero-order chi connectivity index (χ0) is 17.6. The van der Waals surface area contributed by atoms with Crippen LogP contribution in [0.25, 0.3) is 11.3 Å². The highest BCUT2D eigenvalue weighted by atomic mass is 35.5. The summed E-state index contributed by atoms with van der Waals surface area (Å²) >= 11 is 5.94. The van der Waals surface area contributed by atoms with Crippen LogP contribution >= 0.6 is 11.6 Å². The van der Waals surface area contributed by atoms with Crippen LogP contribution in [0.1, 0.15) is 38.8 Å². The van der Waals surface area contributed by atoms with E-state index in [0.717, 1.165) is 37.2 Å². The predicted molar refractivity (Wildman–Crippen MR) is 97.4 cm³/mol. The van der Waals surface area contributed by atoms with Crippen LogP contribution in [0.5, 0.6) is 0 Å². The van der Waals surface area contributed by atoms with Crippen molar-refractivity contribution < 1.29 is 9.32 Å². The van der Waals surface area contributed by atoms with Gasteiger partial charge in [-0.2, -0.15) is 0 Å². The molecule has 2 aromatic rings. The highest BCUT2D eigenvalue weighted by Gasteiger charge is 2.55. The topological polar surface area (TPSA) is 46.3 Å². The third-order valence-corrected chi connectivity index (χ3v) is 5.70. The van der Waals surface area contributed by atoms with E-state index in [-0.39, 0.29) is 5.91 Å². The lowest BCUT2D eigenvalue weighted by Crippen LogP contribution is -2.47. The van der Waals surface area contributed by atoms with E-state index >= 15 is 0 Å². The van der Waals surface area contributed by atoms with Crippen LogP contribution in [-0.2, 0) is 10.2 Å². The maximum Gasteiger partial charge on any atom is 0.234 e. The summed E-state index contributed by atoms with van der Waals surface area (Å²) in [5, 5.41) is 4.93. The third kappa shape index (κ3) is 3.08. The molecule has 0 N–H and O–H groups in total. The van der Waals surface area contributed by atoms with E-state index in [1.807, 2.05) is 35.2 Å². The summed E-state index contributed by atoms with van der Waals surface area (Å²) in [7, 11) is 0. The van der Waals surface area contributed by atoms with Gasteiger partial charge in [0.05, 0.1) is 11.1 Å². The number of aromatic nitrogens is 1. The van der Waals surface area contributed by atoms with Crippen molar-refractivity contribution in [2.75, 3.05) is 13.1 Å². The molecule has 1 saturated carbocycles. The van der Waals surface area contributed by atoms with E-state index < -0.39 is 5.41 Å². The number of likely N-dealkylation sites (tertiary alicyclic amines) is 1. The summed E-state index contributed by atoms with van der Waals surface area (Å²) in [4.78, 5) is 15.2. The molecule has 2 aliphatic rings. The van der Waals surface area contributed by atoms with Gasteiger partial charge in [0.1, 0.15) is 0 Å². The van der Waals surface area contributed by atoms with Gasteiger partial charge >= 0.3 is 0 Å². The molecule has 1 aliphatic heterocycles. The Labute approximate surface area is 153 Å². The van der Waals surface area contributed by atoms with Gasteiger partial charge in [0.25, 0.3) is 0 Å². The molecule has 1 aromatic carbocycles. The predicted octanol–water partition coefficient (Wildman–Crippen LogP) is 4.53. The smallest absolute Gasteiger partial charge is 0.234 e. The van der Waals surface area contributed by atoms with Gasteiger partial charge in [-0.3, -0.25) is 4.79 Å². The molecule has 2 heterocycles. The van der Waals surface area contributed by atoms with Crippen LogP contribution in [-0.4, -0.2) is 29.1 Å². The molecule has 0 bridgehead atoms. The van der Waals surface area contributed by atoms with E-state index in [9.17, 15) is 4.79 Å². The monoisotopic (exact) mass is 358 g/mol. The molecule has 4 rings (SSSR count). The fourth-order valence-electron chi connectivity index (χ4n) is 4.09. The van der Waals surface area contributed by atoms with Crippen LogP contribution < -0.4 is 0 Å². The molecule has 2 unspecified atom stereocenters. The fraction of sp³-hybridized carbons (Fsp3) is 0.500. The molecule has 2 fully saturated rings. The SMILES string of the molecule is CC1CC(C)CN(C(=O)C2(c3cc(-c4ccc(Cl)cc4)on3)CC2)C1.